The number of fused-ring (bicyclic) bond motifs is 6. The van der Waals surface area contributed by atoms with Crippen molar-refractivity contribution in [2.75, 3.05) is 0 Å². The van der Waals surface area contributed by atoms with Crippen LogP contribution < -0.4 is 0 Å². The SMILES string of the molecule is Cc1cc(-n2c3ccccc3c3cc(-n4c5ccccc5c5ccccc54)ccc32)ccc1-c1ccc(-c2ccc(-c3cc(-c4ccccc4)nc(-c4ccccc4)n3)cc2)cc1. The van der Waals surface area contributed by atoms with Gasteiger partial charge in [-0.1, -0.05) is 170 Å². The lowest BCUT2D eigenvalue weighted by Crippen LogP contribution is -1.97. The molecule has 3 aromatic heterocycles. The van der Waals surface area contributed by atoms with E-state index in [9.17, 15) is 0 Å². The zero-order chi connectivity index (χ0) is 41.9. The first-order valence-corrected chi connectivity index (χ1v) is 21.5. The van der Waals surface area contributed by atoms with Gasteiger partial charge in [0.2, 0.25) is 0 Å². The predicted octanol–water partition coefficient (Wildman–Crippen LogP) is 15.3. The molecule has 4 heteroatoms. The van der Waals surface area contributed by atoms with E-state index in [0.717, 1.165) is 50.8 Å². The van der Waals surface area contributed by atoms with E-state index in [1.165, 1.54) is 65.9 Å². The molecule has 12 aromatic rings. The normalized spacial score (nSPS) is 11.6. The molecule has 0 unspecified atom stereocenters. The van der Waals surface area contributed by atoms with Crippen molar-refractivity contribution in [3.05, 3.63) is 230 Å². The van der Waals surface area contributed by atoms with E-state index in [1.807, 2.05) is 36.4 Å². The topological polar surface area (TPSA) is 35.6 Å². The van der Waals surface area contributed by atoms with Crippen LogP contribution in [-0.2, 0) is 0 Å². The smallest absolute Gasteiger partial charge is 0.160 e. The molecule has 0 aliphatic rings. The van der Waals surface area contributed by atoms with Crippen molar-refractivity contribution in [2.45, 2.75) is 6.92 Å². The number of hydrogen-bond donors (Lipinski definition) is 0. The summed E-state index contributed by atoms with van der Waals surface area (Å²) >= 11 is 0. The number of benzene rings is 9. The van der Waals surface area contributed by atoms with Crippen LogP contribution >= 0.6 is 0 Å². The zero-order valence-electron chi connectivity index (χ0n) is 34.7. The molecule has 63 heavy (non-hydrogen) atoms. The summed E-state index contributed by atoms with van der Waals surface area (Å²) < 4.78 is 4.81. The summed E-state index contributed by atoms with van der Waals surface area (Å²) in [7, 11) is 0. The van der Waals surface area contributed by atoms with Crippen molar-refractivity contribution in [3.8, 4) is 67.5 Å². The first kappa shape index (κ1) is 36.5. The van der Waals surface area contributed by atoms with Crippen molar-refractivity contribution in [1.82, 2.24) is 19.1 Å². The molecule has 3 heterocycles. The maximum Gasteiger partial charge on any atom is 0.160 e. The van der Waals surface area contributed by atoms with E-state index in [1.54, 1.807) is 0 Å². The molecule has 0 aliphatic heterocycles. The molecule has 0 N–H and O–H groups in total. The Morgan fingerprint density at radius 1 is 0.302 bits per heavy atom. The Hall–Kier alpha value is -8.34. The number of rotatable bonds is 7. The van der Waals surface area contributed by atoms with Gasteiger partial charge in [0.15, 0.2) is 5.82 Å². The molecule has 0 bridgehead atoms. The largest absolute Gasteiger partial charge is 0.309 e. The minimum Gasteiger partial charge on any atom is -0.309 e. The van der Waals surface area contributed by atoms with Gasteiger partial charge in [0.25, 0.3) is 0 Å². The molecule has 0 fully saturated rings. The number of para-hydroxylation sites is 3. The zero-order valence-corrected chi connectivity index (χ0v) is 34.7. The fourth-order valence-electron chi connectivity index (χ4n) is 9.43. The molecule has 296 valence electrons. The molecule has 0 spiro atoms. The third-order valence-electron chi connectivity index (χ3n) is 12.5. The molecule has 0 amide bonds. The molecule has 0 saturated heterocycles. The van der Waals surface area contributed by atoms with Crippen LogP contribution in [0.2, 0.25) is 0 Å². The van der Waals surface area contributed by atoms with Crippen molar-refractivity contribution in [1.29, 1.82) is 0 Å². The van der Waals surface area contributed by atoms with Crippen LogP contribution in [-0.4, -0.2) is 19.1 Å². The second-order valence-electron chi connectivity index (χ2n) is 16.3. The van der Waals surface area contributed by atoms with Crippen molar-refractivity contribution in [3.63, 3.8) is 0 Å². The van der Waals surface area contributed by atoms with E-state index in [2.05, 4.69) is 204 Å². The molecule has 9 aromatic carbocycles. The summed E-state index contributed by atoms with van der Waals surface area (Å²) in [6, 6.07) is 80.2. The van der Waals surface area contributed by atoms with E-state index < -0.39 is 0 Å². The second-order valence-corrected chi connectivity index (χ2v) is 16.3. The van der Waals surface area contributed by atoms with Crippen molar-refractivity contribution >= 4 is 43.6 Å². The molecule has 0 radical (unpaired) electrons. The Morgan fingerprint density at radius 3 is 1.27 bits per heavy atom. The number of aromatic nitrogens is 4. The van der Waals surface area contributed by atoms with Crippen LogP contribution in [0.4, 0.5) is 0 Å². The van der Waals surface area contributed by atoms with Crippen molar-refractivity contribution < 1.29 is 0 Å². The van der Waals surface area contributed by atoms with E-state index in [0.29, 0.717) is 0 Å². The van der Waals surface area contributed by atoms with Crippen LogP contribution in [0.15, 0.2) is 224 Å². The Bertz CT molecular complexity index is 3540. The highest BCUT2D eigenvalue weighted by molar-refractivity contribution is 6.12. The average molecular weight is 805 g/mol. The summed E-state index contributed by atoms with van der Waals surface area (Å²) in [5.74, 6) is 0.718. The highest BCUT2D eigenvalue weighted by Gasteiger charge is 2.17. The van der Waals surface area contributed by atoms with Gasteiger partial charge in [-0.15, -0.1) is 0 Å². The van der Waals surface area contributed by atoms with E-state index >= 15 is 0 Å². The molecule has 0 aliphatic carbocycles. The average Bonchev–Trinajstić information content (AvgIpc) is 3.87. The summed E-state index contributed by atoms with van der Waals surface area (Å²) in [5.41, 5.74) is 18.0. The van der Waals surface area contributed by atoms with Crippen LogP contribution in [0.1, 0.15) is 5.56 Å². The lowest BCUT2D eigenvalue weighted by Gasteiger charge is -2.13. The highest BCUT2D eigenvalue weighted by Crippen LogP contribution is 2.38. The third kappa shape index (κ3) is 6.31. The third-order valence-corrected chi connectivity index (χ3v) is 12.5. The predicted molar refractivity (Wildman–Crippen MR) is 263 cm³/mol. The van der Waals surface area contributed by atoms with Gasteiger partial charge < -0.3 is 9.13 Å². The quantitative estimate of drug-likeness (QED) is 0.161. The minimum absolute atomic E-state index is 0.718. The molecule has 0 atom stereocenters. The first-order chi connectivity index (χ1) is 31.1. The fourth-order valence-corrected chi connectivity index (χ4v) is 9.43. The van der Waals surface area contributed by atoms with Gasteiger partial charge in [-0.25, -0.2) is 9.97 Å². The van der Waals surface area contributed by atoms with Gasteiger partial charge in [-0.05, 0) is 89.3 Å². The Morgan fingerprint density at radius 2 is 0.714 bits per heavy atom. The summed E-state index contributed by atoms with van der Waals surface area (Å²) in [5, 5.41) is 5.02. The Kier molecular flexibility index (Phi) is 8.68. The molecule has 0 saturated carbocycles. The molecule has 4 nitrogen and oxygen atoms in total. The fraction of sp³-hybridized carbons (Fsp3) is 0.0169. The van der Waals surface area contributed by atoms with Crippen LogP contribution in [0.3, 0.4) is 0 Å². The summed E-state index contributed by atoms with van der Waals surface area (Å²) in [6.07, 6.45) is 0. The maximum atomic E-state index is 5.02. The Labute approximate surface area is 365 Å². The number of nitrogens with zero attached hydrogens (tertiary/aromatic N) is 4. The van der Waals surface area contributed by atoms with Gasteiger partial charge >= 0.3 is 0 Å². The minimum atomic E-state index is 0.718. The number of aryl methyl sites for hydroxylation is 1. The maximum absolute atomic E-state index is 5.02. The van der Waals surface area contributed by atoms with Gasteiger partial charge in [0.05, 0.1) is 33.5 Å². The van der Waals surface area contributed by atoms with Gasteiger partial charge in [-0.3, -0.25) is 0 Å². The van der Waals surface area contributed by atoms with E-state index in [4.69, 9.17) is 9.97 Å². The molecule has 12 rings (SSSR count). The van der Waals surface area contributed by atoms with Gasteiger partial charge in [0.1, 0.15) is 0 Å². The van der Waals surface area contributed by atoms with Crippen LogP contribution in [0.25, 0.3) is 111 Å². The molecular formula is C59H40N4. The standard InChI is InChI=1S/C59H40N4/c1-39-36-46(62-57-23-13-10-20-51(57)52-37-47(33-35-58(52)62)63-55-21-11-8-18-49(55)50-19-9-12-22-56(50)63)32-34-48(39)42-28-24-40(25-29-42)41-26-30-44(31-27-41)54-38-53(43-14-4-2-5-15-43)60-59(61-54)45-16-6-3-7-17-45/h2-38H,1H3. The molecular weight excluding hydrogens is 765 g/mol. The lowest BCUT2D eigenvalue weighted by atomic mass is 9.96. The highest BCUT2D eigenvalue weighted by atomic mass is 15.0. The first-order valence-electron chi connectivity index (χ1n) is 21.5. The summed E-state index contributed by atoms with van der Waals surface area (Å²) in [4.78, 5) is 9.98. The number of hydrogen-bond acceptors (Lipinski definition) is 2. The van der Waals surface area contributed by atoms with Crippen LogP contribution in [0, 0.1) is 6.92 Å². The van der Waals surface area contributed by atoms with Gasteiger partial charge in [0, 0.05) is 49.6 Å². The van der Waals surface area contributed by atoms with Gasteiger partial charge in [-0.2, -0.15) is 0 Å². The van der Waals surface area contributed by atoms with E-state index in [-0.39, 0.29) is 0 Å². The lowest BCUT2D eigenvalue weighted by molar-refractivity contribution is 1.16. The summed E-state index contributed by atoms with van der Waals surface area (Å²) in [6.45, 7) is 2.22. The monoisotopic (exact) mass is 804 g/mol. The Balaban J connectivity index is 0.852. The van der Waals surface area contributed by atoms with Crippen LogP contribution in [0.5, 0.6) is 0 Å². The second kappa shape index (κ2) is 15.0. The van der Waals surface area contributed by atoms with Crippen molar-refractivity contribution in [2.24, 2.45) is 0 Å².